The minimum atomic E-state index is -0.515. The Morgan fingerprint density at radius 1 is 1.19 bits per heavy atom. The van der Waals surface area contributed by atoms with E-state index >= 15 is 0 Å². The number of carbonyl (C=O) groups excluding carboxylic acids is 2. The lowest BCUT2D eigenvalue weighted by atomic mass is 10.2. The Kier molecular flexibility index (Phi) is 4.16. The number of imide groups is 1. The first kappa shape index (κ1) is 14.9. The molecule has 0 radical (unpaired) electrons. The Morgan fingerprint density at radius 2 is 1.81 bits per heavy atom. The number of carbonyl (C=O) groups is 2. The Balaban J connectivity index is 2.84. The summed E-state index contributed by atoms with van der Waals surface area (Å²) in [7, 11) is 0. The van der Waals surface area contributed by atoms with Gasteiger partial charge in [-0.15, -0.1) is 0 Å². The number of para-hydroxylation sites is 1. The zero-order valence-corrected chi connectivity index (χ0v) is 12.3. The van der Waals surface area contributed by atoms with E-state index in [2.05, 4.69) is 4.98 Å². The molecule has 0 saturated heterocycles. The Bertz CT molecular complexity index is 750. The van der Waals surface area contributed by atoms with Crippen LogP contribution in [0.25, 0.3) is 10.9 Å². The highest BCUT2D eigenvalue weighted by Crippen LogP contribution is 2.10. The van der Waals surface area contributed by atoms with E-state index in [1.807, 2.05) is 6.92 Å². The van der Waals surface area contributed by atoms with Crippen molar-refractivity contribution in [2.24, 2.45) is 0 Å². The van der Waals surface area contributed by atoms with Gasteiger partial charge in [0.25, 0.3) is 5.56 Å². The molecule has 0 aliphatic heterocycles. The van der Waals surface area contributed by atoms with Crippen LogP contribution in [-0.2, 0) is 16.0 Å². The molecule has 2 aromatic rings. The largest absolute Gasteiger partial charge is 0.280 e. The second kappa shape index (κ2) is 5.87. The summed E-state index contributed by atoms with van der Waals surface area (Å²) in [4.78, 5) is 40.6. The summed E-state index contributed by atoms with van der Waals surface area (Å²) in [6.45, 7) is 4.44. The number of aromatic nitrogens is 2. The van der Waals surface area contributed by atoms with Crippen molar-refractivity contribution in [2.45, 2.75) is 33.6 Å². The molecule has 0 spiro atoms. The van der Waals surface area contributed by atoms with Gasteiger partial charge in [-0.3, -0.25) is 14.4 Å². The van der Waals surface area contributed by atoms with E-state index < -0.39 is 17.4 Å². The molecule has 1 aromatic heterocycles. The van der Waals surface area contributed by atoms with Gasteiger partial charge in [-0.2, -0.15) is 9.69 Å². The number of hydrogen-bond acceptors (Lipinski definition) is 4. The van der Waals surface area contributed by atoms with Gasteiger partial charge in [-0.1, -0.05) is 19.1 Å². The Morgan fingerprint density at radius 3 is 2.38 bits per heavy atom. The van der Waals surface area contributed by atoms with Crippen LogP contribution in [0.4, 0.5) is 0 Å². The van der Waals surface area contributed by atoms with Gasteiger partial charge in [-0.05, 0) is 18.6 Å². The lowest BCUT2D eigenvalue weighted by molar-refractivity contribution is -0.126. The number of aryl methyl sites for hydroxylation is 1. The number of fused-ring (bicyclic) bond motifs is 1. The second-order valence-electron chi connectivity index (χ2n) is 4.76. The molecular formula is C15H17N3O3. The number of nitrogens with zero attached hydrogens (tertiary/aromatic N) is 3. The summed E-state index contributed by atoms with van der Waals surface area (Å²) in [6, 6.07) is 6.89. The molecule has 0 unspecified atom stereocenters. The van der Waals surface area contributed by atoms with Gasteiger partial charge in [0.15, 0.2) is 0 Å². The van der Waals surface area contributed by atoms with E-state index in [4.69, 9.17) is 0 Å². The Hall–Kier alpha value is -2.50. The van der Waals surface area contributed by atoms with Crippen LogP contribution in [0.1, 0.15) is 33.0 Å². The summed E-state index contributed by atoms with van der Waals surface area (Å²) < 4.78 is 1.09. The van der Waals surface area contributed by atoms with E-state index in [1.54, 1.807) is 24.3 Å². The zero-order valence-electron chi connectivity index (χ0n) is 12.3. The molecule has 0 saturated carbocycles. The maximum Gasteiger partial charge on any atom is 0.280 e. The van der Waals surface area contributed by atoms with Crippen LogP contribution >= 0.6 is 0 Å². The molecule has 110 valence electrons. The van der Waals surface area contributed by atoms with Gasteiger partial charge in [0.2, 0.25) is 11.8 Å². The third-order valence-electron chi connectivity index (χ3n) is 3.09. The lowest BCUT2D eigenvalue weighted by Gasteiger charge is -2.22. The molecule has 0 N–H and O–H groups in total. The minimum absolute atomic E-state index is 0.379. The molecule has 0 fully saturated rings. The van der Waals surface area contributed by atoms with Crippen LogP contribution in [0, 0.1) is 0 Å². The summed E-state index contributed by atoms with van der Waals surface area (Å²) in [5.41, 5.74) is 0.156. The van der Waals surface area contributed by atoms with Gasteiger partial charge >= 0.3 is 0 Å². The van der Waals surface area contributed by atoms with E-state index in [-0.39, 0.29) is 0 Å². The third-order valence-corrected chi connectivity index (χ3v) is 3.09. The van der Waals surface area contributed by atoms with E-state index in [0.717, 1.165) is 16.1 Å². The van der Waals surface area contributed by atoms with Crippen LogP contribution in [0.2, 0.25) is 0 Å². The molecule has 21 heavy (non-hydrogen) atoms. The van der Waals surface area contributed by atoms with Crippen molar-refractivity contribution in [3.05, 3.63) is 40.4 Å². The summed E-state index contributed by atoms with van der Waals surface area (Å²) in [5, 5.41) is 1.22. The lowest BCUT2D eigenvalue weighted by Crippen LogP contribution is -2.50. The minimum Gasteiger partial charge on any atom is -0.273 e. The topological polar surface area (TPSA) is 72.3 Å². The van der Waals surface area contributed by atoms with Crippen molar-refractivity contribution in [1.29, 1.82) is 0 Å². The molecule has 1 heterocycles. The van der Waals surface area contributed by atoms with E-state index in [9.17, 15) is 14.4 Å². The first-order valence-electron chi connectivity index (χ1n) is 6.79. The number of amides is 2. The van der Waals surface area contributed by atoms with Crippen LogP contribution in [0.3, 0.4) is 0 Å². The summed E-state index contributed by atoms with van der Waals surface area (Å²) >= 11 is 0. The van der Waals surface area contributed by atoms with Gasteiger partial charge in [0, 0.05) is 20.3 Å². The molecule has 2 amide bonds. The fourth-order valence-corrected chi connectivity index (χ4v) is 2.26. The fraction of sp³-hybridized carbons (Fsp3) is 0.333. The van der Waals surface area contributed by atoms with Crippen molar-refractivity contribution >= 4 is 22.7 Å². The van der Waals surface area contributed by atoms with Crippen molar-refractivity contribution in [1.82, 2.24) is 9.66 Å². The maximum absolute atomic E-state index is 12.7. The first-order valence-corrected chi connectivity index (χ1v) is 6.79. The molecule has 1 aromatic carbocycles. The molecule has 6 heteroatoms. The Labute approximate surface area is 122 Å². The summed E-state index contributed by atoms with van der Waals surface area (Å²) in [5.74, 6) is -0.621. The van der Waals surface area contributed by atoms with Gasteiger partial charge in [0.05, 0.1) is 10.9 Å². The third kappa shape index (κ3) is 2.69. The predicted octanol–water partition coefficient (Wildman–Crippen LogP) is 1.38. The zero-order chi connectivity index (χ0) is 15.6. The standard InChI is InChI=1S/C15H17N3O3/c1-4-7-14-16-13-9-6-5-8-12(13)15(21)18(14)17(10(2)19)11(3)20/h5-6,8-9H,4,7H2,1-3H3. The number of hydrogen-bond donors (Lipinski definition) is 0. The quantitative estimate of drug-likeness (QED) is 0.855. The monoisotopic (exact) mass is 287 g/mol. The average molecular weight is 287 g/mol. The molecule has 0 atom stereocenters. The van der Waals surface area contributed by atoms with Gasteiger partial charge in [-0.25, -0.2) is 4.98 Å². The van der Waals surface area contributed by atoms with Crippen molar-refractivity contribution in [3.63, 3.8) is 0 Å². The van der Waals surface area contributed by atoms with E-state index in [1.165, 1.54) is 13.8 Å². The SMILES string of the molecule is CCCc1nc2ccccc2c(=O)n1N(C(C)=O)C(C)=O. The van der Waals surface area contributed by atoms with Crippen LogP contribution in [-0.4, -0.2) is 21.5 Å². The van der Waals surface area contributed by atoms with E-state index in [0.29, 0.717) is 23.1 Å². The smallest absolute Gasteiger partial charge is 0.273 e. The van der Waals surface area contributed by atoms with Crippen LogP contribution in [0.15, 0.2) is 29.1 Å². The molecule has 0 bridgehead atoms. The first-order chi connectivity index (χ1) is 9.97. The van der Waals surface area contributed by atoms with Crippen molar-refractivity contribution < 1.29 is 9.59 Å². The van der Waals surface area contributed by atoms with Gasteiger partial charge < -0.3 is 0 Å². The van der Waals surface area contributed by atoms with Crippen LogP contribution < -0.4 is 10.6 Å². The molecular weight excluding hydrogens is 270 g/mol. The van der Waals surface area contributed by atoms with Crippen molar-refractivity contribution in [3.8, 4) is 0 Å². The van der Waals surface area contributed by atoms with Gasteiger partial charge in [0.1, 0.15) is 5.82 Å². The number of rotatable bonds is 3. The maximum atomic E-state index is 12.7. The fourth-order valence-electron chi connectivity index (χ4n) is 2.26. The molecule has 2 rings (SSSR count). The average Bonchev–Trinajstić information content (AvgIpc) is 2.42. The van der Waals surface area contributed by atoms with Crippen LogP contribution in [0.5, 0.6) is 0 Å². The summed E-state index contributed by atoms with van der Waals surface area (Å²) in [6.07, 6.45) is 1.24. The molecule has 0 aliphatic carbocycles. The predicted molar refractivity (Wildman–Crippen MR) is 79.6 cm³/mol. The normalized spacial score (nSPS) is 10.6. The number of benzene rings is 1. The molecule has 0 aliphatic rings. The second-order valence-corrected chi connectivity index (χ2v) is 4.76. The molecule has 6 nitrogen and oxygen atoms in total. The van der Waals surface area contributed by atoms with Crippen molar-refractivity contribution in [2.75, 3.05) is 5.01 Å². The highest BCUT2D eigenvalue weighted by molar-refractivity contribution is 6.06. The highest BCUT2D eigenvalue weighted by atomic mass is 16.2. The highest BCUT2D eigenvalue weighted by Gasteiger charge is 2.22.